The van der Waals surface area contributed by atoms with Crippen LogP contribution < -0.4 is 20.3 Å². The van der Waals surface area contributed by atoms with Gasteiger partial charge in [0.1, 0.15) is 12.4 Å². The van der Waals surface area contributed by atoms with Crippen LogP contribution in [-0.2, 0) is 19.1 Å². The first-order chi connectivity index (χ1) is 15.9. The summed E-state index contributed by atoms with van der Waals surface area (Å²) in [5, 5.41) is 6.61. The SMILES string of the molecule is CN1CC(C(=O)NC23CC(NC(=O)CO[C@H]4C[C@@H](OC(F)(F)F)C4)(C2)C3)Oc2ccc(Cl)cc21. The Morgan fingerprint density at radius 1 is 1.18 bits per heavy atom. The number of nitrogens with one attached hydrogen (secondary N) is 2. The molecule has 12 heteroatoms. The van der Waals surface area contributed by atoms with Crippen LogP contribution >= 0.6 is 11.6 Å². The van der Waals surface area contributed by atoms with Crippen LogP contribution in [0.25, 0.3) is 0 Å². The third-order valence-electron chi connectivity index (χ3n) is 6.96. The Bertz CT molecular complexity index is 981. The van der Waals surface area contributed by atoms with E-state index in [9.17, 15) is 22.8 Å². The topological polar surface area (TPSA) is 89.1 Å². The predicted molar refractivity (Wildman–Crippen MR) is 115 cm³/mol. The molecule has 34 heavy (non-hydrogen) atoms. The summed E-state index contributed by atoms with van der Waals surface area (Å²) in [7, 11) is 1.87. The van der Waals surface area contributed by atoms with Gasteiger partial charge in [-0.3, -0.25) is 14.3 Å². The summed E-state index contributed by atoms with van der Waals surface area (Å²) in [5.74, 6) is 0.0886. The van der Waals surface area contributed by atoms with Crippen molar-refractivity contribution in [2.45, 2.75) is 67.9 Å². The minimum atomic E-state index is -4.65. The minimum absolute atomic E-state index is 0.114. The van der Waals surface area contributed by atoms with Crippen LogP contribution in [-0.4, -0.2) is 67.8 Å². The van der Waals surface area contributed by atoms with Crippen molar-refractivity contribution < 1.29 is 37.0 Å². The molecule has 1 aromatic carbocycles. The fourth-order valence-corrected chi connectivity index (χ4v) is 5.59. The molecule has 4 saturated carbocycles. The number of rotatable bonds is 7. The van der Waals surface area contributed by atoms with Gasteiger partial charge in [0.25, 0.3) is 5.91 Å². The maximum Gasteiger partial charge on any atom is 0.522 e. The van der Waals surface area contributed by atoms with Gasteiger partial charge in [0, 0.05) is 36.0 Å². The third-order valence-corrected chi connectivity index (χ3v) is 7.19. The molecule has 1 unspecified atom stereocenters. The zero-order chi connectivity index (χ0) is 24.3. The van der Waals surface area contributed by atoms with Gasteiger partial charge in [0.05, 0.1) is 24.4 Å². The Kier molecular flexibility index (Phi) is 5.64. The van der Waals surface area contributed by atoms with Gasteiger partial charge in [-0.2, -0.15) is 0 Å². The van der Waals surface area contributed by atoms with Gasteiger partial charge in [-0.15, -0.1) is 13.2 Å². The normalized spacial score (nSPS) is 33.4. The van der Waals surface area contributed by atoms with Crippen molar-refractivity contribution in [3.05, 3.63) is 23.2 Å². The number of ether oxygens (including phenoxy) is 3. The van der Waals surface area contributed by atoms with Crippen LogP contribution in [0.15, 0.2) is 18.2 Å². The second-order valence-corrected chi connectivity index (χ2v) is 10.3. The fraction of sp³-hybridized carbons (Fsp3) is 0.636. The van der Waals surface area contributed by atoms with E-state index in [1.165, 1.54) is 0 Å². The maximum atomic E-state index is 12.8. The van der Waals surface area contributed by atoms with E-state index in [1.807, 2.05) is 11.9 Å². The number of alkyl halides is 3. The standard InChI is InChI=1S/C22H25ClF3N3O5/c1-29-7-17(33-16-3-2-12(23)4-15(16)29)19(31)28-21-9-20(10-21,11-21)27-18(30)8-32-13-5-14(6-13)34-22(24,25)26/h2-4,13-14,17H,5-11H2,1H3,(H,27,30)(H,28,31)/t13-,14+,17?,20?,21?. The van der Waals surface area contributed by atoms with Crippen LogP contribution in [0.3, 0.4) is 0 Å². The lowest BCUT2D eigenvalue weighted by atomic mass is 9.44. The Morgan fingerprint density at radius 3 is 2.53 bits per heavy atom. The average molecular weight is 504 g/mol. The molecular weight excluding hydrogens is 479 g/mol. The smallest absolute Gasteiger partial charge is 0.477 e. The predicted octanol–water partition coefficient (Wildman–Crippen LogP) is 2.53. The Morgan fingerprint density at radius 2 is 1.85 bits per heavy atom. The van der Waals surface area contributed by atoms with Crippen molar-refractivity contribution in [2.24, 2.45) is 0 Å². The van der Waals surface area contributed by atoms with Gasteiger partial charge in [0.2, 0.25) is 5.91 Å². The van der Waals surface area contributed by atoms with E-state index in [2.05, 4.69) is 15.4 Å². The zero-order valence-corrected chi connectivity index (χ0v) is 19.2. The van der Waals surface area contributed by atoms with Crippen molar-refractivity contribution >= 4 is 29.1 Å². The highest BCUT2D eigenvalue weighted by Crippen LogP contribution is 2.60. The van der Waals surface area contributed by atoms with Gasteiger partial charge < -0.3 is 25.0 Å². The molecule has 186 valence electrons. The summed E-state index contributed by atoms with van der Waals surface area (Å²) in [6, 6.07) is 5.25. The molecule has 2 N–H and O–H groups in total. The number of nitrogens with zero attached hydrogens (tertiary/aromatic N) is 1. The van der Waals surface area contributed by atoms with Crippen molar-refractivity contribution in [1.29, 1.82) is 0 Å². The second-order valence-electron chi connectivity index (χ2n) is 9.82. The van der Waals surface area contributed by atoms with Crippen molar-refractivity contribution in [3.8, 4) is 5.75 Å². The molecule has 2 bridgehead atoms. The first kappa shape index (κ1) is 23.5. The lowest BCUT2D eigenvalue weighted by Crippen LogP contribution is -2.84. The van der Waals surface area contributed by atoms with Gasteiger partial charge in [-0.25, -0.2) is 0 Å². The monoisotopic (exact) mass is 503 g/mol. The number of carbonyl (C=O) groups excluding carboxylic acids is 2. The van der Waals surface area contributed by atoms with Crippen LogP contribution in [0.5, 0.6) is 5.75 Å². The number of hydrogen-bond acceptors (Lipinski definition) is 6. The lowest BCUT2D eigenvalue weighted by molar-refractivity contribution is -0.357. The Hall–Kier alpha value is -2.24. The average Bonchev–Trinajstić information content (AvgIpc) is 2.66. The molecule has 1 aliphatic heterocycles. The molecule has 1 heterocycles. The third kappa shape index (κ3) is 4.65. The Labute approximate surface area is 199 Å². The van der Waals surface area contributed by atoms with Crippen LogP contribution in [0, 0.1) is 0 Å². The van der Waals surface area contributed by atoms with Crippen molar-refractivity contribution in [1.82, 2.24) is 10.6 Å². The summed E-state index contributed by atoms with van der Waals surface area (Å²) in [5.41, 5.74) is 0.128. The summed E-state index contributed by atoms with van der Waals surface area (Å²) in [6.45, 7) is 0.181. The Balaban J connectivity index is 1.03. The van der Waals surface area contributed by atoms with E-state index < -0.39 is 24.7 Å². The van der Waals surface area contributed by atoms with E-state index in [-0.39, 0.29) is 42.3 Å². The minimum Gasteiger partial charge on any atom is -0.477 e. The molecule has 0 spiro atoms. The van der Waals surface area contributed by atoms with Crippen molar-refractivity contribution in [2.75, 3.05) is 25.1 Å². The molecule has 4 aliphatic carbocycles. The zero-order valence-electron chi connectivity index (χ0n) is 18.4. The van der Waals surface area contributed by atoms with Gasteiger partial charge >= 0.3 is 6.36 Å². The van der Waals surface area contributed by atoms with E-state index in [4.69, 9.17) is 21.1 Å². The molecule has 1 aromatic rings. The van der Waals surface area contributed by atoms with Crippen LogP contribution in [0.2, 0.25) is 5.02 Å². The quantitative estimate of drug-likeness (QED) is 0.594. The number of anilines is 1. The first-order valence-electron chi connectivity index (χ1n) is 11.1. The molecule has 0 radical (unpaired) electrons. The van der Waals surface area contributed by atoms with E-state index in [0.717, 1.165) is 5.69 Å². The fourth-order valence-electron chi connectivity index (χ4n) is 5.42. The number of fused-ring (bicyclic) bond motifs is 1. The van der Waals surface area contributed by atoms with Gasteiger partial charge in [-0.05, 0) is 37.5 Å². The number of hydrogen-bond donors (Lipinski definition) is 2. The summed E-state index contributed by atoms with van der Waals surface area (Å²) in [6.07, 6.45) is -4.53. The highest BCUT2D eigenvalue weighted by molar-refractivity contribution is 6.31. The molecule has 1 atom stereocenters. The molecule has 6 rings (SSSR count). The number of likely N-dealkylation sites (N-methyl/N-ethyl adjacent to an activating group) is 1. The van der Waals surface area contributed by atoms with Gasteiger partial charge in [-0.1, -0.05) is 11.6 Å². The van der Waals surface area contributed by atoms with Crippen LogP contribution in [0.1, 0.15) is 32.1 Å². The summed E-state index contributed by atoms with van der Waals surface area (Å²) < 4.78 is 51.6. The van der Waals surface area contributed by atoms with Crippen LogP contribution in [0.4, 0.5) is 18.9 Å². The van der Waals surface area contributed by atoms with E-state index in [1.54, 1.807) is 18.2 Å². The largest absolute Gasteiger partial charge is 0.522 e. The van der Waals surface area contributed by atoms with E-state index in [0.29, 0.717) is 36.6 Å². The molecule has 5 aliphatic rings. The number of amides is 2. The van der Waals surface area contributed by atoms with E-state index >= 15 is 0 Å². The second kappa shape index (κ2) is 8.17. The van der Waals surface area contributed by atoms with Gasteiger partial charge in [0.15, 0.2) is 6.10 Å². The summed E-state index contributed by atoms with van der Waals surface area (Å²) >= 11 is 6.04. The molecule has 0 aromatic heterocycles. The first-order valence-corrected chi connectivity index (χ1v) is 11.5. The number of benzene rings is 1. The molecule has 2 amide bonds. The molecule has 0 saturated heterocycles. The number of halogens is 4. The maximum absolute atomic E-state index is 12.8. The van der Waals surface area contributed by atoms with Crippen molar-refractivity contribution in [3.63, 3.8) is 0 Å². The molecule has 8 nitrogen and oxygen atoms in total. The highest BCUT2D eigenvalue weighted by atomic mass is 35.5. The highest BCUT2D eigenvalue weighted by Gasteiger charge is 2.69. The molecule has 4 fully saturated rings. The summed E-state index contributed by atoms with van der Waals surface area (Å²) in [4.78, 5) is 27.0. The lowest BCUT2D eigenvalue weighted by Gasteiger charge is -2.70. The number of carbonyl (C=O) groups is 2. The molecular formula is C22H25ClF3N3O5.